The molecule has 0 spiro atoms. The van der Waals surface area contributed by atoms with Gasteiger partial charge in [0.2, 0.25) is 0 Å². The van der Waals surface area contributed by atoms with E-state index in [2.05, 4.69) is 28.9 Å². The van der Waals surface area contributed by atoms with Gasteiger partial charge in [-0.05, 0) is 53.4 Å². The van der Waals surface area contributed by atoms with Gasteiger partial charge in [0.15, 0.2) is 0 Å². The molecule has 0 radical (unpaired) electrons. The number of thiophene rings is 1. The van der Waals surface area contributed by atoms with Crippen LogP contribution in [0, 0.1) is 0 Å². The number of hydrogen-bond acceptors (Lipinski definition) is 4. The summed E-state index contributed by atoms with van der Waals surface area (Å²) in [6.07, 6.45) is 0.806. The zero-order valence-corrected chi connectivity index (χ0v) is 13.3. The van der Waals surface area contributed by atoms with Gasteiger partial charge in [0.1, 0.15) is 5.75 Å². The number of benzene rings is 2. The second-order valence-corrected chi connectivity index (χ2v) is 6.52. The fourth-order valence-electron chi connectivity index (χ4n) is 2.81. The lowest BCUT2D eigenvalue weighted by atomic mass is 10.0. The fraction of sp³-hybridized carbons (Fsp3) is 0.105. The number of phenols is 1. The van der Waals surface area contributed by atoms with Crippen LogP contribution in [0.4, 0.5) is 11.4 Å². The topological polar surface area (TPSA) is 44.6 Å². The molecule has 23 heavy (non-hydrogen) atoms. The van der Waals surface area contributed by atoms with E-state index in [-0.39, 0.29) is 11.8 Å². The summed E-state index contributed by atoms with van der Waals surface area (Å²) in [5.41, 5.74) is 4.08. The molecule has 0 bridgehead atoms. The van der Waals surface area contributed by atoms with Crippen LogP contribution in [0.3, 0.4) is 0 Å². The van der Waals surface area contributed by atoms with Gasteiger partial charge >= 0.3 is 0 Å². The minimum Gasteiger partial charge on any atom is -0.508 e. The maximum atomic E-state index is 9.52. The van der Waals surface area contributed by atoms with E-state index in [1.54, 1.807) is 23.5 Å². The maximum absolute atomic E-state index is 9.52. The Morgan fingerprint density at radius 2 is 1.83 bits per heavy atom. The predicted octanol–water partition coefficient (Wildman–Crippen LogP) is 5.13. The van der Waals surface area contributed by atoms with Crippen molar-refractivity contribution in [2.24, 2.45) is 4.99 Å². The summed E-state index contributed by atoms with van der Waals surface area (Å²) in [6.45, 7) is 0. The number of nitrogens with one attached hydrogen (secondary N) is 1. The van der Waals surface area contributed by atoms with Gasteiger partial charge in [-0.1, -0.05) is 18.2 Å². The Bertz CT molecular complexity index is 838. The molecule has 1 unspecified atom stereocenters. The molecule has 0 amide bonds. The molecule has 2 aromatic carbocycles. The van der Waals surface area contributed by atoms with Crippen molar-refractivity contribution >= 4 is 28.4 Å². The van der Waals surface area contributed by atoms with Crippen molar-refractivity contribution in [1.82, 2.24) is 0 Å². The van der Waals surface area contributed by atoms with E-state index in [1.165, 1.54) is 4.88 Å². The van der Waals surface area contributed by atoms with E-state index < -0.39 is 0 Å². The van der Waals surface area contributed by atoms with Gasteiger partial charge in [-0.2, -0.15) is 0 Å². The first-order valence-electron chi connectivity index (χ1n) is 7.55. The molecule has 3 aromatic rings. The summed E-state index contributed by atoms with van der Waals surface area (Å²) >= 11 is 1.76. The highest BCUT2D eigenvalue weighted by atomic mass is 32.1. The average Bonchev–Trinajstić information content (AvgIpc) is 3.03. The van der Waals surface area contributed by atoms with Crippen molar-refractivity contribution < 1.29 is 5.11 Å². The Kier molecular flexibility index (Phi) is 3.60. The van der Waals surface area contributed by atoms with Crippen LogP contribution in [0.5, 0.6) is 5.75 Å². The first-order valence-corrected chi connectivity index (χ1v) is 8.43. The number of rotatable bonds is 2. The van der Waals surface area contributed by atoms with Gasteiger partial charge in [-0.15, -0.1) is 11.3 Å². The summed E-state index contributed by atoms with van der Waals surface area (Å²) in [5, 5.41) is 15.2. The highest BCUT2D eigenvalue weighted by Gasteiger charge is 2.21. The molecule has 1 aromatic heterocycles. The SMILES string of the molecule is Oc1ccc(C2=Nc3ccccc3NC(c3cccs3)C2)cc1. The van der Waals surface area contributed by atoms with Crippen LogP contribution >= 0.6 is 11.3 Å². The second-order valence-electron chi connectivity index (χ2n) is 5.54. The van der Waals surface area contributed by atoms with Crippen LogP contribution in [-0.4, -0.2) is 10.8 Å². The molecule has 3 nitrogen and oxygen atoms in total. The molecule has 0 aliphatic carbocycles. The molecule has 4 rings (SSSR count). The first kappa shape index (κ1) is 14.0. The molecule has 0 saturated heterocycles. The Labute approximate surface area is 139 Å². The highest BCUT2D eigenvalue weighted by Crippen LogP contribution is 2.36. The van der Waals surface area contributed by atoms with Crippen LogP contribution in [0.15, 0.2) is 71.0 Å². The number of aliphatic imine (C=N–C) groups is 1. The van der Waals surface area contributed by atoms with E-state index in [0.29, 0.717) is 0 Å². The van der Waals surface area contributed by atoms with Crippen LogP contribution < -0.4 is 5.32 Å². The van der Waals surface area contributed by atoms with E-state index in [0.717, 1.165) is 29.1 Å². The normalized spacial score (nSPS) is 16.9. The first-order chi connectivity index (χ1) is 11.3. The van der Waals surface area contributed by atoms with Crippen molar-refractivity contribution in [3.05, 3.63) is 76.5 Å². The van der Waals surface area contributed by atoms with Gasteiger partial charge < -0.3 is 10.4 Å². The number of anilines is 1. The van der Waals surface area contributed by atoms with E-state index in [4.69, 9.17) is 4.99 Å². The molecular formula is C19H16N2OS. The highest BCUT2D eigenvalue weighted by molar-refractivity contribution is 7.10. The molecule has 114 valence electrons. The van der Waals surface area contributed by atoms with Crippen molar-refractivity contribution in [3.63, 3.8) is 0 Å². The molecule has 2 N–H and O–H groups in total. The number of para-hydroxylation sites is 2. The molecule has 1 aliphatic rings. The number of phenolic OH excluding ortho intramolecular Hbond substituents is 1. The van der Waals surface area contributed by atoms with Gasteiger partial charge in [0, 0.05) is 11.3 Å². The Morgan fingerprint density at radius 3 is 2.61 bits per heavy atom. The monoisotopic (exact) mass is 320 g/mol. The van der Waals surface area contributed by atoms with E-state index >= 15 is 0 Å². The van der Waals surface area contributed by atoms with Crippen molar-refractivity contribution in [1.29, 1.82) is 0 Å². The summed E-state index contributed by atoms with van der Waals surface area (Å²) < 4.78 is 0. The molecule has 0 saturated carbocycles. The summed E-state index contributed by atoms with van der Waals surface area (Å²) in [4.78, 5) is 6.18. The largest absolute Gasteiger partial charge is 0.508 e. The number of aromatic hydroxyl groups is 1. The van der Waals surface area contributed by atoms with Crippen molar-refractivity contribution in [3.8, 4) is 5.75 Å². The Hall–Kier alpha value is -2.59. The number of hydrogen-bond donors (Lipinski definition) is 2. The minimum atomic E-state index is 0.200. The molecular weight excluding hydrogens is 304 g/mol. The lowest BCUT2D eigenvalue weighted by Gasteiger charge is -2.17. The molecule has 0 fully saturated rings. The van der Waals surface area contributed by atoms with Crippen LogP contribution in [0.1, 0.15) is 22.9 Å². The third-order valence-corrected chi connectivity index (χ3v) is 4.96. The zero-order valence-electron chi connectivity index (χ0n) is 12.4. The third-order valence-electron chi connectivity index (χ3n) is 3.97. The standard InChI is InChI=1S/C19H16N2OS/c22-14-9-7-13(8-10-14)17-12-18(19-6-3-11-23-19)21-16-5-2-1-4-15(16)20-17/h1-11,18,21-22H,12H2. The molecule has 4 heteroatoms. The quantitative estimate of drug-likeness (QED) is 0.687. The number of fused-ring (bicyclic) bond motifs is 1. The lowest BCUT2D eigenvalue weighted by Crippen LogP contribution is -2.13. The Morgan fingerprint density at radius 1 is 1.00 bits per heavy atom. The van der Waals surface area contributed by atoms with E-state index in [9.17, 15) is 5.11 Å². The minimum absolute atomic E-state index is 0.200. The molecule has 1 atom stereocenters. The van der Waals surface area contributed by atoms with Crippen molar-refractivity contribution in [2.75, 3.05) is 5.32 Å². The molecule has 1 aliphatic heterocycles. The van der Waals surface area contributed by atoms with Crippen LogP contribution in [0.25, 0.3) is 0 Å². The van der Waals surface area contributed by atoms with Crippen LogP contribution in [0.2, 0.25) is 0 Å². The zero-order chi connectivity index (χ0) is 15.6. The van der Waals surface area contributed by atoms with Gasteiger partial charge in [0.25, 0.3) is 0 Å². The maximum Gasteiger partial charge on any atom is 0.115 e. The average molecular weight is 320 g/mol. The van der Waals surface area contributed by atoms with E-state index in [1.807, 2.05) is 30.3 Å². The smallest absolute Gasteiger partial charge is 0.115 e. The third kappa shape index (κ3) is 2.85. The summed E-state index contributed by atoms with van der Waals surface area (Å²) in [5.74, 6) is 0.274. The summed E-state index contributed by atoms with van der Waals surface area (Å²) in [6, 6.07) is 19.8. The van der Waals surface area contributed by atoms with Gasteiger partial charge in [0.05, 0.1) is 23.1 Å². The summed E-state index contributed by atoms with van der Waals surface area (Å²) in [7, 11) is 0. The molecule has 2 heterocycles. The van der Waals surface area contributed by atoms with Crippen molar-refractivity contribution in [2.45, 2.75) is 12.5 Å². The predicted molar refractivity (Wildman–Crippen MR) is 96.0 cm³/mol. The Balaban J connectivity index is 1.80. The number of nitrogens with zero attached hydrogens (tertiary/aromatic N) is 1. The second kappa shape index (κ2) is 5.89. The fourth-order valence-corrected chi connectivity index (χ4v) is 3.59. The lowest BCUT2D eigenvalue weighted by molar-refractivity contribution is 0.475. The van der Waals surface area contributed by atoms with Crippen LogP contribution in [-0.2, 0) is 0 Å². The van der Waals surface area contributed by atoms with Gasteiger partial charge in [-0.3, -0.25) is 4.99 Å². The van der Waals surface area contributed by atoms with Gasteiger partial charge in [-0.25, -0.2) is 0 Å².